The first-order valence-corrected chi connectivity index (χ1v) is 18.1. The fourth-order valence-electron chi connectivity index (χ4n) is 8.90. The Hall–Kier alpha value is -6.76. The van der Waals surface area contributed by atoms with Crippen LogP contribution in [0.3, 0.4) is 0 Å². The SMILES string of the molecule is c1ccc2c(-c3cc4c(ccc5c6ccccc6ccc45)c(-c4cccc5c4ccc4ccccc45)c3-c3cccc4ccccc34)cccc2c1. The molecule has 0 saturated carbocycles. The van der Waals surface area contributed by atoms with E-state index in [9.17, 15) is 0 Å². The second-order valence-electron chi connectivity index (χ2n) is 14.0. The van der Waals surface area contributed by atoms with Crippen LogP contribution in [0.5, 0.6) is 0 Å². The van der Waals surface area contributed by atoms with Gasteiger partial charge in [0.25, 0.3) is 0 Å². The summed E-state index contributed by atoms with van der Waals surface area (Å²) in [6.45, 7) is 0. The Labute approximate surface area is 301 Å². The summed E-state index contributed by atoms with van der Waals surface area (Å²) in [7, 11) is 0. The van der Waals surface area contributed by atoms with Gasteiger partial charge in [-0.15, -0.1) is 0 Å². The van der Waals surface area contributed by atoms with Gasteiger partial charge in [0, 0.05) is 0 Å². The molecule has 0 amide bonds. The van der Waals surface area contributed by atoms with Gasteiger partial charge in [-0.1, -0.05) is 188 Å². The zero-order valence-corrected chi connectivity index (χ0v) is 28.5. The molecule has 0 fully saturated rings. The van der Waals surface area contributed by atoms with Crippen molar-refractivity contribution in [2.24, 2.45) is 0 Å². The van der Waals surface area contributed by atoms with E-state index in [-0.39, 0.29) is 0 Å². The van der Waals surface area contributed by atoms with Crippen LogP contribution in [0.2, 0.25) is 0 Å². The van der Waals surface area contributed by atoms with Gasteiger partial charge >= 0.3 is 0 Å². The van der Waals surface area contributed by atoms with Crippen molar-refractivity contribution < 1.29 is 0 Å². The number of benzene rings is 11. The standard InChI is InChI=1S/C52H32/c1-5-18-37-33(12-1)16-9-22-42(37)50-32-49-45-29-27-36-15-4-7-20-39(36)43(45)30-31-48(49)51(52(50)46-24-10-17-34-13-2-8-21-40(34)46)47-25-11-23-41-38-19-6-3-14-35(38)26-28-44(41)47/h1-32H. The molecule has 0 heteroatoms. The average molecular weight is 657 g/mol. The Morgan fingerprint density at radius 3 is 1.21 bits per heavy atom. The van der Waals surface area contributed by atoms with E-state index in [1.165, 1.54) is 109 Å². The molecule has 52 heavy (non-hydrogen) atoms. The lowest BCUT2D eigenvalue weighted by Crippen LogP contribution is -1.96. The molecule has 0 heterocycles. The van der Waals surface area contributed by atoms with Crippen molar-refractivity contribution in [3.8, 4) is 33.4 Å². The van der Waals surface area contributed by atoms with E-state index < -0.39 is 0 Å². The monoisotopic (exact) mass is 656 g/mol. The highest BCUT2D eigenvalue weighted by molar-refractivity contribution is 6.26. The van der Waals surface area contributed by atoms with Crippen molar-refractivity contribution in [2.45, 2.75) is 0 Å². The molecule has 0 radical (unpaired) electrons. The molecule has 0 aliphatic rings. The molecule has 11 aromatic rings. The molecule has 0 aliphatic carbocycles. The smallest absolute Gasteiger partial charge is 0.00137 e. The highest BCUT2D eigenvalue weighted by atomic mass is 14.3. The summed E-state index contributed by atoms with van der Waals surface area (Å²) in [5.41, 5.74) is 7.52. The van der Waals surface area contributed by atoms with E-state index in [2.05, 4.69) is 194 Å². The summed E-state index contributed by atoms with van der Waals surface area (Å²) in [5, 5.41) is 17.7. The second-order valence-corrected chi connectivity index (χ2v) is 14.0. The largest absolute Gasteiger partial charge is 0.0616 e. The Bertz CT molecular complexity index is 3230. The summed E-state index contributed by atoms with van der Waals surface area (Å²) < 4.78 is 0. The van der Waals surface area contributed by atoms with E-state index in [4.69, 9.17) is 0 Å². The van der Waals surface area contributed by atoms with Crippen molar-refractivity contribution in [1.82, 2.24) is 0 Å². The molecule has 240 valence electrons. The van der Waals surface area contributed by atoms with Crippen LogP contribution in [0.15, 0.2) is 194 Å². The van der Waals surface area contributed by atoms with Gasteiger partial charge in [-0.3, -0.25) is 0 Å². The highest BCUT2D eigenvalue weighted by Gasteiger charge is 2.23. The van der Waals surface area contributed by atoms with Crippen molar-refractivity contribution in [1.29, 1.82) is 0 Å². The number of rotatable bonds is 3. The maximum absolute atomic E-state index is 2.50. The van der Waals surface area contributed by atoms with Crippen LogP contribution in [-0.4, -0.2) is 0 Å². The fraction of sp³-hybridized carbons (Fsp3) is 0. The summed E-state index contributed by atoms with van der Waals surface area (Å²) in [5.74, 6) is 0. The van der Waals surface area contributed by atoms with Gasteiger partial charge in [0.2, 0.25) is 0 Å². The highest BCUT2D eigenvalue weighted by Crippen LogP contribution is 2.51. The van der Waals surface area contributed by atoms with Crippen molar-refractivity contribution in [3.05, 3.63) is 194 Å². The first kappa shape index (κ1) is 29.0. The zero-order valence-electron chi connectivity index (χ0n) is 28.5. The lowest BCUT2D eigenvalue weighted by molar-refractivity contribution is 1.63. The number of hydrogen-bond acceptors (Lipinski definition) is 0. The van der Waals surface area contributed by atoms with Crippen LogP contribution in [-0.2, 0) is 0 Å². The molecule has 11 rings (SSSR count). The van der Waals surface area contributed by atoms with Crippen molar-refractivity contribution in [3.63, 3.8) is 0 Å². The lowest BCUT2D eigenvalue weighted by atomic mass is 9.79. The molecule has 0 aromatic heterocycles. The van der Waals surface area contributed by atoms with Crippen LogP contribution in [0.25, 0.3) is 109 Å². The van der Waals surface area contributed by atoms with E-state index in [1.54, 1.807) is 0 Å². The first-order valence-electron chi connectivity index (χ1n) is 18.1. The van der Waals surface area contributed by atoms with Gasteiger partial charge in [-0.2, -0.15) is 0 Å². The Morgan fingerprint density at radius 2 is 0.558 bits per heavy atom. The Kier molecular flexibility index (Phi) is 6.35. The van der Waals surface area contributed by atoms with E-state index in [0.717, 1.165) is 0 Å². The van der Waals surface area contributed by atoms with Crippen LogP contribution < -0.4 is 0 Å². The van der Waals surface area contributed by atoms with E-state index in [0.29, 0.717) is 0 Å². The van der Waals surface area contributed by atoms with Gasteiger partial charge in [-0.05, 0) is 115 Å². The summed E-state index contributed by atoms with van der Waals surface area (Å²) in [4.78, 5) is 0. The predicted octanol–water partition coefficient (Wildman–Crippen LogP) is 14.8. The van der Waals surface area contributed by atoms with E-state index >= 15 is 0 Å². The third kappa shape index (κ3) is 4.28. The Morgan fingerprint density at radius 1 is 0.173 bits per heavy atom. The maximum atomic E-state index is 2.50. The molecule has 0 saturated heterocycles. The third-order valence-corrected chi connectivity index (χ3v) is 11.2. The van der Waals surface area contributed by atoms with Gasteiger partial charge in [-0.25, -0.2) is 0 Å². The van der Waals surface area contributed by atoms with Gasteiger partial charge in [0.15, 0.2) is 0 Å². The second kappa shape index (κ2) is 11.4. The van der Waals surface area contributed by atoms with Crippen LogP contribution >= 0.6 is 0 Å². The fourth-order valence-corrected chi connectivity index (χ4v) is 8.90. The molecule has 0 atom stereocenters. The minimum atomic E-state index is 1.24. The van der Waals surface area contributed by atoms with Crippen LogP contribution in [0.4, 0.5) is 0 Å². The molecule has 0 nitrogen and oxygen atoms in total. The zero-order chi connectivity index (χ0) is 34.2. The molecule has 0 unspecified atom stereocenters. The van der Waals surface area contributed by atoms with E-state index in [1.807, 2.05) is 0 Å². The molecule has 0 N–H and O–H groups in total. The first-order chi connectivity index (χ1) is 25.8. The molecular formula is C52H32. The molecule has 0 aliphatic heterocycles. The maximum Gasteiger partial charge on any atom is -0.00137 e. The van der Waals surface area contributed by atoms with Gasteiger partial charge in [0.05, 0.1) is 0 Å². The van der Waals surface area contributed by atoms with Crippen LogP contribution in [0.1, 0.15) is 0 Å². The number of hydrogen-bond donors (Lipinski definition) is 0. The predicted molar refractivity (Wildman–Crippen MR) is 225 cm³/mol. The molecular weight excluding hydrogens is 625 g/mol. The third-order valence-electron chi connectivity index (χ3n) is 11.2. The normalized spacial score (nSPS) is 11.8. The lowest BCUT2D eigenvalue weighted by Gasteiger charge is -2.23. The molecule has 11 aromatic carbocycles. The number of fused-ring (bicyclic) bond motifs is 10. The topological polar surface area (TPSA) is 0 Å². The Balaban J connectivity index is 1.41. The average Bonchev–Trinajstić information content (AvgIpc) is 3.22. The molecule has 0 spiro atoms. The summed E-state index contributed by atoms with van der Waals surface area (Å²) in [6, 6.07) is 72.1. The van der Waals surface area contributed by atoms with Crippen molar-refractivity contribution in [2.75, 3.05) is 0 Å². The van der Waals surface area contributed by atoms with Gasteiger partial charge in [0.1, 0.15) is 0 Å². The summed E-state index contributed by atoms with van der Waals surface area (Å²) in [6.07, 6.45) is 0. The van der Waals surface area contributed by atoms with Gasteiger partial charge < -0.3 is 0 Å². The van der Waals surface area contributed by atoms with Crippen LogP contribution in [0, 0.1) is 0 Å². The minimum absolute atomic E-state index is 1.24. The summed E-state index contributed by atoms with van der Waals surface area (Å²) >= 11 is 0. The molecule has 0 bridgehead atoms. The van der Waals surface area contributed by atoms with Crippen molar-refractivity contribution >= 4 is 75.4 Å². The minimum Gasteiger partial charge on any atom is -0.0616 e. The quantitative estimate of drug-likeness (QED) is 0.166.